The highest BCUT2D eigenvalue weighted by Crippen LogP contribution is 2.28. The predicted octanol–water partition coefficient (Wildman–Crippen LogP) is 4.74. The normalized spacial score (nSPS) is 12.8. The van der Waals surface area contributed by atoms with Crippen LogP contribution in [0.2, 0.25) is 5.02 Å². The Morgan fingerprint density at radius 3 is 2.81 bits per heavy atom. The largest absolute Gasteiger partial charge is 0.304 e. The summed E-state index contributed by atoms with van der Waals surface area (Å²) >= 11 is 12.2. The van der Waals surface area contributed by atoms with Gasteiger partial charge in [0.2, 0.25) is 0 Å². The van der Waals surface area contributed by atoms with Crippen molar-refractivity contribution in [1.29, 1.82) is 0 Å². The Kier molecular flexibility index (Phi) is 3.87. The Morgan fingerprint density at radius 2 is 2.10 bits per heavy atom. The second kappa shape index (κ2) is 5.66. The monoisotopic (exact) mass is 319 g/mol. The lowest BCUT2D eigenvalue weighted by molar-refractivity contribution is 0.629. The molecule has 0 fully saturated rings. The number of hydrogen-bond acceptors (Lipinski definition) is 2. The fraction of sp³-hybridized carbons (Fsp3) is 0.250. The van der Waals surface area contributed by atoms with Gasteiger partial charge in [-0.1, -0.05) is 23.7 Å². The third-order valence-electron chi connectivity index (χ3n) is 3.69. The summed E-state index contributed by atoms with van der Waals surface area (Å²) in [5.41, 5.74) is 3.97. The van der Waals surface area contributed by atoms with E-state index in [4.69, 9.17) is 23.2 Å². The minimum Gasteiger partial charge on any atom is -0.304 e. The van der Waals surface area contributed by atoms with Crippen molar-refractivity contribution in [2.75, 3.05) is 0 Å². The number of alkyl halides is 1. The van der Waals surface area contributed by atoms with Crippen LogP contribution in [-0.2, 0) is 5.88 Å². The van der Waals surface area contributed by atoms with E-state index in [1.807, 2.05) is 31.2 Å². The molecule has 2 aromatic heterocycles. The van der Waals surface area contributed by atoms with E-state index < -0.39 is 0 Å². The maximum absolute atomic E-state index is 6.10. The quantitative estimate of drug-likeness (QED) is 0.653. The minimum atomic E-state index is 0.0664. The number of aryl methyl sites for hydroxylation is 1. The highest BCUT2D eigenvalue weighted by Gasteiger charge is 2.18. The summed E-state index contributed by atoms with van der Waals surface area (Å²) in [5, 5.41) is 0.723. The number of benzene rings is 1. The van der Waals surface area contributed by atoms with Gasteiger partial charge < -0.3 is 4.57 Å². The lowest BCUT2D eigenvalue weighted by atomic mass is 10.1. The van der Waals surface area contributed by atoms with Crippen LogP contribution in [0.4, 0.5) is 0 Å². The number of pyridine rings is 1. The molecule has 1 aromatic carbocycles. The summed E-state index contributed by atoms with van der Waals surface area (Å²) in [7, 11) is 0. The first-order chi connectivity index (χ1) is 10.1. The molecule has 1 atom stereocenters. The first-order valence-corrected chi connectivity index (χ1v) is 7.67. The maximum Gasteiger partial charge on any atom is 0.160 e. The molecule has 0 spiro atoms. The van der Waals surface area contributed by atoms with Gasteiger partial charge >= 0.3 is 0 Å². The molecule has 0 N–H and O–H groups in total. The molecule has 0 bridgehead atoms. The molecule has 2 heterocycles. The molecule has 3 nitrogen and oxygen atoms in total. The number of halogens is 2. The van der Waals surface area contributed by atoms with E-state index in [0.29, 0.717) is 5.88 Å². The number of rotatable bonds is 3. The summed E-state index contributed by atoms with van der Waals surface area (Å²) in [6, 6.07) is 9.86. The summed E-state index contributed by atoms with van der Waals surface area (Å²) in [6.07, 6.45) is 1.80. The Bertz CT molecular complexity index is 795. The Morgan fingerprint density at radius 1 is 1.29 bits per heavy atom. The van der Waals surface area contributed by atoms with E-state index in [0.717, 1.165) is 33.1 Å². The standard InChI is InChI=1S/C16H15Cl2N3/c1-10-6-7-19-16-15(10)20-14(9-17)21(16)11(2)12-4-3-5-13(18)8-12/h3-8,11H,9H2,1-2H3. The first kappa shape index (κ1) is 14.4. The van der Waals surface area contributed by atoms with Crippen LogP contribution in [0.15, 0.2) is 36.5 Å². The van der Waals surface area contributed by atoms with E-state index >= 15 is 0 Å². The van der Waals surface area contributed by atoms with Crippen molar-refractivity contribution in [1.82, 2.24) is 14.5 Å². The van der Waals surface area contributed by atoms with E-state index in [2.05, 4.69) is 27.5 Å². The molecule has 0 saturated heterocycles. The second-order valence-electron chi connectivity index (χ2n) is 5.06. The minimum absolute atomic E-state index is 0.0664. The molecule has 3 aromatic rings. The van der Waals surface area contributed by atoms with Crippen molar-refractivity contribution in [3.63, 3.8) is 0 Å². The van der Waals surface area contributed by atoms with Crippen LogP contribution in [0.25, 0.3) is 11.2 Å². The van der Waals surface area contributed by atoms with Crippen molar-refractivity contribution < 1.29 is 0 Å². The van der Waals surface area contributed by atoms with Gasteiger partial charge in [0, 0.05) is 11.2 Å². The van der Waals surface area contributed by atoms with E-state index in [1.54, 1.807) is 6.20 Å². The SMILES string of the molecule is Cc1ccnc2c1nc(CCl)n2C(C)c1cccc(Cl)c1. The predicted molar refractivity (Wildman–Crippen MR) is 87.1 cm³/mol. The van der Waals surface area contributed by atoms with Gasteiger partial charge in [0.25, 0.3) is 0 Å². The fourth-order valence-corrected chi connectivity index (χ4v) is 2.96. The number of fused-ring (bicyclic) bond motifs is 1. The third-order valence-corrected chi connectivity index (χ3v) is 4.17. The zero-order chi connectivity index (χ0) is 15.0. The van der Waals surface area contributed by atoms with Gasteiger partial charge in [-0.2, -0.15) is 0 Å². The van der Waals surface area contributed by atoms with Gasteiger partial charge in [0.1, 0.15) is 11.3 Å². The van der Waals surface area contributed by atoms with Crippen LogP contribution in [0.3, 0.4) is 0 Å². The molecule has 0 saturated carbocycles. The van der Waals surface area contributed by atoms with Gasteiger partial charge in [-0.05, 0) is 43.2 Å². The van der Waals surface area contributed by atoms with Gasteiger partial charge in [-0.15, -0.1) is 11.6 Å². The summed E-state index contributed by atoms with van der Waals surface area (Å²) in [4.78, 5) is 9.12. The van der Waals surface area contributed by atoms with E-state index in [-0.39, 0.29) is 6.04 Å². The van der Waals surface area contributed by atoms with Gasteiger partial charge in [0.15, 0.2) is 5.65 Å². The number of imidazole rings is 1. The average molecular weight is 320 g/mol. The Balaban J connectivity index is 2.21. The molecule has 0 amide bonds. The molecule has 0 aliphatic rings. The molecule has 0 aliphatic heterocycles. The first-order valence-electron chi connectivity index (χ1n) is 6.75. The van der Waals surface area contributed by atoms with Crippen molar-refractivity contribution in [2.45, 2.75) is 25.8 Å². The van der Waals surface area contributed by atoms with E-state index in [1.165, 1.54) is 0 Å². The summed E-state index contributed by atoms with van der Waals surface area (Å²) < 4.78 is 2.08. The Hall–Kier alpha value is -1.58. The molecular formula is C16H15Cl2N3. The molecule has 3 rings (SSSR count). The Labute approximate surface area is 133 Å². The zero-order valence-electron chi connectivity index (χ0n) is 11.8. The summed E-state index contributed by atoms with van der Waals surface area (Å²) in [6.45, 7) is 4.14. The molecule has 0 aliphatic carbocycles. The molecule has 21 heavy (non-hydrogen) atoms. The van der Waals surface area contributed by atoms with Crippen LogP contribution < -0.4 is 0 Å². The van der Waals surface area contributed by atoms with Crippen LogP contribution in [0.5, 0.6) is 0 Å². The van der Waals surface area contributed by atoms with Crippen LogP contribution in [0, 0.1) is 6.92 Å². The van der Waals surface area contributed by atoms with Gasteiger partial charge in [-0.25, -0.2) is 9.97 Å². The topological polar surface area (TPSA) is 30.7 Å². The lowest BCUT2D eigenvalue weighted by Crippen LogP contribution is -2.10. The molecule has 5 heteroatoms. The zero-order valence-corrected chi connectivity index (χ0v) is 13.4. The summed E-state index contributed by atoms with van der Waals surface area (Å²) in [5.74, 6) is 1.17. The average Bonchev–Trinajstić information content (AvgIpc) is 2.86. The second-order valence-corrected chi connectivity index (χ2v) is 5.77. The van der Waals surface area contributed by atoms with Crippen molar-refractivity contribution in [2.24, 2.45) is 0 Å². The number of nitrogens with zero attached hydrogens (tertiary/aromatic N) is 3. The number of hydrogen-bond donors (Lipinski definition) is 0. The van der Waals surface area contributed by atoms with Crippen LogP contribution in [-0.4, -0.2) is 14.5 Å². The highest BCUT2D eigenvalue weighted by atomic mass is 35.5. The molecule has 108 valence electrons. The maximum atomic E-state index is 6.10. The number of aromatic nitrogens is 3. The van der Waals surface area contributed by atoms with Crippen molar-refractivity contribution in [3.8, 4) is 0 Å². The van der Waals surface area contributed by atoms with E-state index in [9.17, 15) is 0 Å². The smallest absolute Gasteiger partial charge is 0.160 e. The van der Waals surface area contributed by atoms with Crippen LogP contribution >= 0.6 is 23.2 Å². The van der Waals surface area contributed by atoms with Crippen LogP contribution in [0.1, 0.15) is 29.9 Å². The third kappa shape index (κ3) is 2.52. The highest BCUT2D eigenvalue weighted by molar-refractivity contribution is 6.30. The van der Waals surface area contributed by atoms with Gasteiger partial charge in [-0.3, -0.25) is 0 Å². The molecule has 0 radical (unpaired) electrons. The van der Waals surface area contributed by atoms with Crippen molar-refractivity contribution in [3.05, 3.63) is 58.5 Å². The molecule has 1 unspecified atom stereocenters. The molecular weight excluding hydrogens is 305 g/mol. The lowest BCUT2D eigenvalue weighted by Gasteiger charge is -2.17. The van der Waals surface area contributed by atoms with Gasteiger partial charge in [0.05, 0.1) is 11.9 Å². The fourth-order valence-electron chi connectivity index (χ4n) is 2.57. The van der Waals surface area contributed by atoms with Crippen molar-refractivity contribution >= 4 is 34.4 Å².